The van der Waals surface area contributed by atoms with E-state index in [4.69, 9.17) is 4.74 Å². The van der Waals surface area contributed by atoms with Gasteiger partial charge in [0, 0.05) is 0 Å². The number of aryl methyl sites for hydroxylation is 2. The van der Waals surface area contributed by atoms with Gasteiger partial charge >= 0.3 is 0 Å². The quantitative estimate of drug-likeness (QED) is 0.438. The molecule has 8 heteroatoms. The van der Waals surface area contributed by atoms with Gasteiger partial charge in [-0.2, -0.15) is 0 Å². The molecule has 0 aliphatic rings. The fraction of sp³-hybridized carbons (Fsp3) is 0.130. The third-order valence-corrected chi connectivity index (χ3v) is 5.97. The van der Waals surface area contributed by atoms with Crippen molar-refractivity contribution in [3.8, 4) is 5.75 Å². The summed E-state index contributed by atoms with van der Waals surface area (Å²) in [7, 11) is -2.42. The van der Waals surface area contributed by atoms with Crippen LogP contribution >= 0.6 is 0 Å². The normalized spacial score (nSPS) is 11.3. The highest BCUT2D eigenvalue weighted by atomic mass is 32.2. The van der Waals surface area contributed by atoms with E-state index in [1.54, 1.807) is 31.4 Å². The molecule has 0 spiro atoms. The Bertz CT molecular complexity index is 1350. The predicted molar refractivity (Wildman–Crippen MR) is 122 cm³/mol. The van der Waals surface area contributed by atoms with Crippen molar-refractivity contribution >= 4 is 38.4 Å². The Morgan fingerprint density at radius 3 is 2.19 bits per heavy atom. The van der Waals surface area contributed by atoms with Crippen LogP contribution in [-0.2, 0) is 10.0 Å². The lowest BCUT2D eigenvalue weighted by atomic mass is 10.2. The molecule has 4 aromatic rings. The number of para-hydroxylation sites is 2. The van der Waals surface area contributed by atoms with Crippen molar-refractivity contribution in [1.29, 1.82) is 0 Å². The maximum atomic E-state index is 12.9. The molecule has 0 saturated heterocycles. The number of nitrogens with zero attached hydrogens (tertiary/aromatic N) is 3. The highest BCUT2D eigenvalue weighted by molar-refractivity contribution is 7.94. The summed E-state index contributed by atoms with van der Waals surface area (Å²) in [6, 6.07) is 19.4. The van der Waals surface area contributed by atoms with Crippen LogP contribution in [0.5, 0.6) is 5.75 Å². The molecule has 31 heavy (non-hydrogen) atoms. The van der Waals surface area contributed by atoms with E-state index in [-0.39, 0.29) is 16.5 Å². The number of nitrogens with one attached hydrogen (secondary N) is 1. The molecule has 1 aromatic heterocycles. The van der Waals surface area contributed by atoms with Crippen molar-refractivity contribution in [2.45, 2.75) is 18.7 Å². The van der Waals surface area contributed by atoms with E-state index in [1.165, 1.54) is 12.1 Å². The summed E-state index contributed by atoms with van der Waals surface area (Å²) in [5.41, 5.74) is 3.75. The molecule has 0 aliphatic heterocycles. The third-order valence-electron chi connectivity index (χ3n) is 4.69. The van der Waals surface area contributed by atoms with Gasteiger partial charge in [-0.15, -0.1) is 0 Å². The SMILES string of the molecule is COc1ccc(C)cc1Nc1nc2ccccc2nc1[N-]S(=O)(=O)c1ccc(C)cc1. The zero-order valence-electron chi connectivity index (χ0n) is 17.3. The molecule has 0 bridgehead atoms. The van der Waals surface area contributed by atoms with Gasteiger partial charge in [0.1, 0.15) is 11.6 Å². The number of hydrogen-bond acceptors (Lipinski definition) is 6. The Kier molecular flexibility index (Phi) is 5.48. The van der Waals surface area contributed by atoms with Gasteiger partial charge in [-0.05, 0) is 61.1 Å². The van der Waals surface area contributed by atoms with Crippen molar-refractivity contribution in [2.75, 3.05) is 12.4 Å². The summed E-state index contributed by atoms with van der Waals surface area (Å²) in [6.07, 6.45) is 0. The number of methoxy groups -OCH3 is 1. The second-order valence-electron chi connectivity index (χ2n) is 7.09. The number of hydrogen-bond donors (Lipinski definition) is 1. The molecule has 0 saturated carbocycles. The molecular weight excluding hydrogens is 412 g/mol. The Morgan fingerprint density at radius 2 is 1.52 bits per heavy atom. The molecule has 1 N–H and O–H groups in total. The Morgan fingerprint density at radius 1 is 0.871 bits per heavy atom. The lowest BCUT2D eigenvalue weighted by Gasteiger charge is -2.22. The molecule has 0 fully saturated rings. The molecule has 0 atom stereocenters. The zero-order valence-corrected chi connectivity index (χ0v) is 18.1. The number of rotatable bonds is 6. The number of benzene rings is 3. The van der Waals surface area contributed by atoms with Crippen LogP contribution in [0.2, 0.25) is 0 Å². The van der Waals surface area contributed by atoms with E-state index in [0.29, 0.717) is 22.5 Å². The summed E-state index contributed by atoms with van der Waals surface area (Å²) in [5.74, 6) is 0.786. The maximum absolute atomic E-state index is 12.9. The number of anilines is 2. The topological polar surface area (TPSA) is 95.3 Å². The predicted octanol–water partition coefficient (Wildman–Crippen LogP) is 5.39. The Balaban J connectivity index is 1.80. The van der Waals surface area contributed by atoms with Gasteiger partial charge in [-0.3, -0.25) is 0 Å². The first-order valence-electron chi connectivity index (χ1n) is 9.59. The number of ether oxygens (including phenoxy) is 1. The van der Waals surface area contributed by atoms with Crippen molar-refractivity contribution in [2.24, 2.45) is 0 Å². The molecule has 3 aromatic carbocycles. The summed E-state index contributed by atoms with van der Waals surface area (Å²) in [6.45, 7) is 3.84. The molecular formula is C23H21N4O3S-. The second-order valence-corrected chi connectivity index (χ2v) is 8.70. The monoisotopic (exact) mass is 433 g/mol. The number of aromatic nitrogens is 2. The van der Waals surface area contributed by atoms with Crippen LogP contribution in [-0.4, -0.2) is 25.5 Å². The van der Waals surface area contributed by atoms with Gasteiger partial charge in [0.25, 0.3) is 0 Å². The average molecular weight is 434 g/mol. The van der Waals surface area contributed by atoms with Crippen LogP contribution < -0.4 is 10.1 Å². The van der Waals surface area contributed by atoms with Crippen molar-refractivity contribution in [3.63, 3.8) is 0 Å². The highest BCUT2D eigenvalue weighted by Crippen LogP contribution is 2.37. The molecule has 158 valence electrons. The van der Waals surface area contributed by atoms with E-state index in [2.05, 4.69) is 20.0 Å². The summed E-state index contributed by atoms with van der Waals surface area (Å²) < 4.78 is 35.3. The van der Waals surface area contributed by atoms with Crippen LogP contribution in [0, 0.1) is 13.8 Å². The lowest BCUT2D eigenvalue weighted by molar-refractivity contribution is 0.416. The largest absolute Gasteiger partial charge is 0.495 e. The van der Waals surface area contributed by atoms with Gasteiger partial charge in [-0.25, -0.2) is 13.4 Å². The molecule has 0 amide bonds. The van der Waals surface area contributed by atoms with E-state index < -0.39 is 10.0 Å². The van der Waals surface area contributed by atoms with E-state index in [0.717, 1.165) is 11.1 Å². The first-order chi connectivity index (χ1) is 14.9. The van der Waals surface area contributed by atoms with Gasteiger partial charge in [0.15, 0.2) is 0 Å². The number of fused-ring (bicyclic) bond motifs is 1. The van der Waals surface area contributed by atoms with E-state index >= 15 is 0 Å². The first-order valence-corrected chi connectivity index (χ1v) is 11.0. The minimum atomic E-state index is -3.99. The molecule has 0 aliphatic carbocycles. The van der Waals surface area contributed by atoms with Crippen LogP contribution in [0.15, 0.2) is 71.6 Å². The standard InChI is InChI=1S/C23H21N4O3S/c1-15-8-11-17(12-9-15)31(28,29)27-23-22(24-18-6-4-5-7-19(18)25-23)26-20-14-16(2)10-13-21(20)30-3/h4-14H,1-3H3,(H-,24,25,26,27)/q-1. The van der Waals surface area contributed by atoms with Crippen LogP contribution in [0.4, 0.5) is 17.3 Å². The van der Waals surface area contributed by atoms with Gasteiger partial charge in [0.2, 0.25) is 10.0 Å². The summed E-state index contributed by atoms with van der Waals surface area (Å²) in [5, 5.41) is 3.15. The average Bonchev–Trinajstić information content (AvgIpc) is 2.74. The minimum Gasteiger partial charge on any atom is -0.495 e. The maximum Gasteiger partial charge on any atom is 0.202 e. The summed E-state index contributed by atoms with van der Waals surface area (Å²) >= 11 is 0. The fourth-order valence-corrected chi connectivity index (χ4v) is 4.00. The van der Waals surface area contributed by atoms with Crippen molar-refractivity contribution in [3.05, 3.63) is 82.6 Å². The highest BCUT2D eigenvalue weighted by Gasteiger charge is 2.14. The smallest absolute Gasteiger partial charge is 0.202 e. The third kappa shape index (κ3) is 4.44. The molecule has 4 rings (SSSR count). The van der Waals surface area contributed by atoms with Crippen molar-refractivity contribution in [1.82, 2.24) is 9.97 Å². The lowest BCUT2D eigenvalue weighted by Crippen LogP contribution is -2.03. The fourth-order valence-electron chi connectivity index (χ4n) is 3.06. The van der Waals surface area contributed by atoms with E-state index in [9.17, 15) is 8.42 Å². The van der Waals surface area contributed by atoms with Gasteiger partial charge < -0.3 is 19.8 Å². The molecule has 0 unspecified atom stereocenters. The molecule has 0 radical (unpaired) electrons. The minimum absolute atomic E-state index is 0.0252. The van der Waals surface area contributed by atoms with Gasteiger partial charge in [0.05, 0.1) is 23.2 Å². The van der Waals surface area contributed by atoms with Crippen molar-refractivity contribution < 1.29 is 13.2 Å². The second kappa shape index (κ2) is 8.23. The van der Waals surface area contributed by atoms with Gasteiger partial charge in [-0.1, -0.05) is 42.0 Å². The molecule has 7 nitrogen and oxygen atoms in total. The van der Waals surface area contributed by atoms with Crippen LogP contribution in [0.3, 0.4) is 0 Å². The van der Waals surface area contributed by atoms with Crippen LogP contribution in [0.1, 0.15) is 11.1 Å². The zero-order chi connectivity index (χ0) is 22.0. The van der Waals surface area contributed by atoms with Crippen LogP contribution in [0.25, 0.3) is 15.8 Å². The van der Waals surface area contributed by atoms with E-state index in [1.807, 2.05) is 44.2 Å². The summed E-state index contributed by atoms with van der Waals surface area (Å²) in [4.78, 5) is 9.14. The number of sulfonamides is 1. The Labute approximate surface area is 181 Å². The Hall–Kier alpha value is -3.65. The molecule has 1 heterocycles. The first kappa shape index (κ1) is 20.6.